The number of hydrogen-bond acceptors (Lipinski definition) is 3. The first kappa shape index (κ1) is 14.5. The van der Waals surface area contributed by atoms with Crippen molar-refractivity contribution in [2.45, 2.75) is 0 Å². The maximum atomic E-state index is 13.6. The molecule has 1 heterocycles. The molecule has 0 fully saturated rings. The molecule has 0 aliphatic rings. The van der Waals surface area contributed by atoms with Crippen molar-refractivity contribution >= 4 is 59.5 Å². The van der Waals surface area contributed by atoms with Crippen molar-refractivity contribution in [3.8, 4) is 0 Å². The zero-order valence-corrected chi connectivity index (χ0v) is 13.9. The second-order valence-corrected chi connectivity index (χ2v) is 5.89. The summed E-state index contributed by atoms with van der Waals surface area (Å²) < 4.78 is 15.1. The Morgan fingerprint density at radius 3 is 2.63 bits per heavy atom. The van der Waals surface area contributed by atoms with E-state index < -0.39 is 11.7 Å². The molecule has 2 rings (SSSR count). The van der Waals surface area contributed by atoms with Crippen LogP contribution >= 0.6 is 47.8 Å². The smallest absolute Gasteiger partial charge is 0.259 e. The van der Waals surface area contributed by atoms with Gasteiger partial charge in [0.15, 0.2) is 5.82 Å². The summed E-state index contributed by atoms with van der Waals surface area (Å²) in [5, 5.41) is 2.48. The van der Waals surface area contributed by atoms with Crippen molar-refractivity contribution in [3.63, 3.8) is 0 Å². The Hall–Kier alpha value is -0.860. The fourth-order valence-corrected chi connectivity index (χ4v) is 2.52. The first-order valence-corrected chi connectivity index (χ1v) is 7.29. The van der Waals surface area contributed by atoms with Crippen molar-refractivity contribution in [3.05, 3.63) is 49.5 Å². The van der Waals surface area contributed by atoms with Crippen LogP contribution in [0.25, 0.3) is 0 Å². The number of rotatable bonds is 2. The minimum absolute atomic E-state index is 0.0696. The average molecular weight is 454 g/mol. The van der Waals surface area contributed by atoms with E-state index in [1.54, 1.807) is 6.07 Å². The van der Waals surface area contributed by atoms with Crippen molar-refractivity contribution in [2.75, 3.05) is 5.32 Å². The SMILES string of the molecule is O=C(Nc1ncc(Br)nc1Br)c1ccc(Br)cc1F. The van der Waals surface area contributed by atoms with Crippen LogP contribution in [0.2, 0.25) is 0 Å². The molecule has 0 atom stereocenters. The molecule has 0 saturated heterocycles. The summed E-state index contributed by atoms with van der Waals surface area (Å²) in [6, 6.07) is 4.19. The Bertz CT molecular complexity index is 651. The molecule has 0 saturated carbocycles. The van der Waals surface area contributed by atoms with Crippen molar-refractivity contribution in [2.24, 2.45) is 0 Å². The van der Waals surface area contributed by atoms with Gasteiger partial charge in [-0.2, -0.15) is 0 Å². The van der Waals surface area contributed by atoms with E-state index in [9.17, 15) is 9.18 Å². The van der Waals surface area contributed by atoms with Crippen LogP contribution in [0.3, 0.4) is 0 Å². The van der Waals surface area contributed by atoms with Crippen LogP contribution in [0.15, 0.2) is 38.1 Å². The summed E-state index contributed by atoms with van der Waals surface area (Å²) in [7, 11) is 0. The van der Waals surface area contributed by atoms with Crippen molar-refractivity contribution in [1.82, 2.24) is 9.97 Å². The molecule has 2 aromatic rings. The Balaban J connectivity index is 2.25. The van der Waals surface area contributed by atoms with E-state index >= 15 is 0 Å². The largest absolute Gasteiger partial charge is 0.304 e. The molecule has 0 unspecified atom stereocenters. The van der Waals surface area contributed by atoms with Gasteiger partial charge in [-0.25, -0.2) is 14.4 Å². The van der Waals surface area contributed by atoms with Gasteiger partial charge in [-0.1, -0.05) is 15.9 Å². The molecular weight excluding hydrogens is 449 g/mol. The first-order valence-electron chi connectivity index (χ1n) is 4.92. The summed E-state index contributed by atoms with van der Waals surface area (Å²) in [4.78, 5) is 19.9. The number of benzene rings is 1. The highest BCUT2D eigenvalue weighted by Gasteiger charge is 2.14. The number of amides is 1. The number of anilines is 1. The average Bonchev–Trinajstić information content (AvgIpc) is 2.32. The fourth-order valence-electron chi connectivity index (χ4n) is 1.28. The molecular formula is C11H5Br3FN3O. The van der Waals surface area contributed by atoms with Crippen LogP contribution in [-0.4, -0.2) is 15.9 Å². The second kappa shape index (κ2) is 6.06. The Morgan fingerprint density at radius 1 is 1.26 bits per heavy atom. The van der Waals surface area contributed by atoms with Gasteiger partial charge in [-0.3, -0.25) is 4.79 Å². The number of hydrogen-bond donors (Lipinski definition) is 1. The number of nitrogens with zero attached hydrogens (tertiary/aromatic N) is 2. The zero-order chi connectivity index (χ0) is 14.0. The predicted octanol–water partition coefficient (Wildman–Crippen LogP) is 4.16. The van der Waals surface area contributed by atoms with Crippen LogP contribution in [-0.2, 0) is 0 Å². The number of halogens is 4. The van der Waals surface area contributed by atoms with Crippen LogP contribution in [0, 0.1) is 5.82 Å². The molecule has 0 aliphatic heterocycles. The van der Waals surface area contributed by atoms with Crippen LogP contribution in [0.5, 0.6) is 0 Å². The predicted molar refractivity (Wildman–Crippen MR) is 79.5 cm³/mol. The van der Waals surface area contributed by atoms with E-state index in [-0.39, 0.29) is 11.4 Å². The van der Waals surface area contributed by atoms with Gasteiger partial charge in [0, 0.05) is 4.47 Å². The van der Waals surface area contributed by atoms with Crippen molar-refractivity contribution < 1.29 is 9.18 Å². The number of carbonyl (C=O) groups is 1. The van der Waals surface area contributed by atoms with Crippen LogP contribution in [0.4, 0.5) is 10.2 Å². The normalized spacial score (nSPS) is 10.3. The first-order chi connectivity index (χ1) is 8.97. The Kier molecular flexibility index (Phi) is 4.64. The van der Waals surface area contributed by atoms with Gasteiger partial charge in [0.2, 0.25) is 0 Å². The topological polar surface area (TPSA) is 54.9 Å². The molecule has 0 bridgehead atoms. The van der Waals surface area contributed by atoms with Crippen LogP contribution in [0.1, 0.15) is 10.4 Å². The molecule has 0 spiro atoms. The monoisotopic (exact) mass is 451 g/mol. The van der Waals surface area contributed by atoms with Gasteiger partial charge in [0.25, 0.3) is 5.91 Å². The minimum atomic E-state index is -0.618. The van der Waals surface area contributed by atoms with Gasteiger partial charge in [-0.15, -0.1) is 0 Å². The molecule has 1 N–H and O–H groups in total. The third kappa shape index (κ3) is 3.58. The van der Waals surface area contributed by atoms with E-state index in [1.807, 2.05) is 0 Å². The summed E-state index contributed by atoms with van der Waals surface area (Å²) in [5.74, 6) is -0.995. The fraction of sp³-hybridized carbons (Fsp3) is 0. The molecule has 1 amide bonds. The lowest BCUT2D eigenvalue weighted by Crippen LogP contribution is -2.15. The zero-order valence-electron chi connectivity index (χ0n) is 9.12. The van der Waals surface area contributed by atoms with Gasteiger partial charge < -0.3 is 5.32 Å². The van der Waals surface area contributed by atoms with E-state index in [0.29, 0.717) is 13.7 Å². The van der Waals surface area contributed by atoms with Gasteiger partial charge in [0.1, 0.15) is 15.0 Å². The summed E-state index contributed by atoms with van der Waals surface area (Å²) in [6.07, 6.45) is 1.43. The lowest BCUT2D eigenvalue weighted by Gasteiger charge is -2.07. The Morgan fingerprint density at radius 2 is 2.00 bits per heavy atom. The van der Waals surface area contributed by atoms with E-state index in [0.717, 1.165) is 0 Å². The number of carbonyl (C=O) groups excluding carboxylic acids is 1. The molecule has 98 valence electrons. The number of nitrogens with one attached hydrogen (secondary N) is 1. The molecule has 0 aliphatic carbocycles. The highest BCUT2D eigenvalue weighted by molar-refractivity contribution is 9.11. The van der Waals surface area contributed by atoms with E-state index in [1.165, 1.54) is 18.3 Å². The molecule has 19 heavy (non-hydrogen) atoms. The van der Waals surface area contributed by atoms with Gasteiger partial charge >= 0.3 is 0 Å². The highest BCUT2D eigenvalue weighted by Crippen LogP contribution is 2.21. The van der Waals surface area contributed by atoms with Gasteiger partial charge in [-0.05, 0) is 50.1 Å². The number of aromatic nitrogens is 2. The van der Waals surface area contributed by atoms with Crippen LogP contribution < -0.4 is 5.32 Å². The van der Waals surface area contributed by atoms with E-state index in [2.05, 4.69) is 63.1 Å². The Labute approximate surface area is 133 Å². The summed E-state index contributed by atoms with van der Waals surface area (Å²) >= 11 is 9.43. The second-order valence-electron chi connectivity index (χ2n) is 3.41. The van der Waals surface area contributed by atoms with Crippen molar-refractivity contribution in [1.29, 1.82) is 0 Å². The maximum absolute atomic E-state index is 13.6. The molecule has 1 aromatic heterocycles. The lowest BCUT2D eigenvalue weighted by atomic mass is 10.2. The molecule has 0 radical (unpaired) electrons. The maximum Gasteiger partial charge on any atom is 0.259 e. The quantitative estimate of drug-likeness (QED) is 0.743. The molecule has 4 nitrogen and oxygen atoms in total. The lowest BCUT2D eigenvalue weighted by molar-refractivity contribution is 0.102. The summed E-state index contributed by atoms with van der Waals surface area (Å²) in [6.45, 7) is 0. The molecule has 8 heteroatoms. The highest BCUT2D eigenvalue weighted by atomic mass is 79.9. The third-order valence-electron chi connectivity index (χ3n) is 2.11. The summed E-state index contributed by atoms with van der Waals surface area (Å²) in [5.41, 5.74) is -0.0696. The third-order valence-corrected chi connectivity index (χ3v) is 3.54. The minimum Gasteiger partial charge on any atom is -0.304 e. The standard InChI is InChI=1S/C11H5Br3FN3O/c12-5-1-2-6(7(15)3-5)11(19)18-10-9(14)17-8(13)4-16-10/h1-4H,(H,16,18,19). The van der Waals surface area contributed by atoms with Gasteiger partial charge in [0.05, 0.1) is 11.8 Å². The van der Waals surface area contributed by atoms with E-state index in [4.69, 9.17) is 0 Å². The molecule has 1 aromatic carbocycles.